The van der Waals surface area contributed by atoms with Crippen molar-refractivity contribution >= 4 is 33.5 Å². The summed E-state index contributed by atoms with van der Waals surface area (Å²) >= 11 is 3.46. The molecule has 0 amide bonds. The Morgan fingerprint density at radius 2 is 2.00 bits per heavy atom. The van der Waals surface area contributed by atoms with Crippen molar-refractivity contribution in [1.29, 1.82) is 0 Å². The fourth-order valence-corrected chi connectivity index (χ4v) is 1.83. The monoisotopic (exact) mass is 352 g/mol. The number of nitrogen functional groups attached to an aromatic ring is 1. The molecule has 1 aromatic heterocycles. The van der Waals surface area contributed by atoms with Gasteiger partial charge in [0.1, 0.15) is 0 Å². The molecule has 0 fully saturated rings. The minimum atomic E-state index is 0.233. The average molecular weight is 353 g/mol. The number of nitrogens with two attached hydrogens (primary N) is 1. The highest BCUT2D eigenvalue weighted by molar-refractivity contribution is 9.10. The summed E-state index contributed by atoms with van der Waals surface area (Å²) in [4.78, 5) is 12.4. The van der Waals surface area contributed by atoms with Gasteiger partial charge in [-0.25, -0.2) is 5.84 Å². The molecule has 8 heteroatoms. The van der Waals surface area contributed by atoms with Crippen molar-refractivity contribution in [3.05, 3.63) is 28.2 Å². The van der Waals surface area contributed by atoms with E-state index >= 15 is 0 Å². The predicted octanol–water partition coefficient (Wildman–Crippen LogP) is 2.76. The molecule has 0 aliphatic rings. The first kappa shape index (κ1) is 15.5. The number of rotatable bonds is 6. The van der Waals surface area contributed by atoms with E-state index in [-0.39, 0.29) is 12.0 Å². The van der Waals surface area contributed by atoms with E-state index in [2.05, 4.69) is 41.6 Å². The molecule has 0 spiro atoms. The fraction of sp³-hybridized carbons (Fsp3) is 0.308. The Morgan fingerprint density at radius 3 is 2.67 bits per heavy atom. The SMILES string of the molecule is CCCOc1nc(NN)nc(Nc2ccc(Br)c(C)c2)n1. The summed E-state index contributed by atoms with van der Waals surface area (Å²) in [7, 11) is 0. The highest BCUT2D eigenvalue weighted by Gasteiger charge is 2.07. The van der Waals surface area contributed by atoms with Gasteiger partial charge < -0.3 is 10.1 Å². The van der Waals surface area contributed by atoms with Gasteiger partial charge in [0.2, 0.25) is 11.9 Å². The van der Waals surface area contributed by atoms with Gasteiger partial charge in [-0.3, -0.25) is 5.43 Å². The van der Waals surface area contributed by atoms with Gasteiger partial charge in [-0.15, -0.1) is 0 Å². The van der Waals surface area contributed by atoms with E-state index in [9.17, 15) is 0 Å². The van der Waals surface area contributed by atoms with E-state index in [0.717, 1.165) is 22.1 Å². The molecule has 0 bridgehead atoms. The van der Waals surface area contributed by atoms with Gasteiger partial charge in [-0.05, 0) is 37.1 Å². The third-order valence-corrected chi connectivity index (χ3v) is 3.48. The van der Waals surface area contributed by atoms with E-state index < -0.39 is 0 Å². The lowest BCUT2D eigenvalue weighted by molar-refractivity contribution is 0.292. The molecule has 0 saturated heterocycles. The largest absolute Gasteiger partial charge is 0.463 e. The Labute approximate surface area is 131 Å². The van der Waals surface area contributed by atoms with Gasteiger partial charge in [0.25, 0.3) is 0 Å². The smallest absolute Gasteiger partial charge is 0.323 e. The predicted molar refractivity (Wildman–Crippen MR) is 85.6 cm³/mol. The van der Waals surface area contributed by atoms with Crippen LogP contribution in [0.3, 0.4) is 0 Å². The van der Waals surface area contributed by atoms with E-state index in [0.29, 0.717) is 12.6 Å². The molecule has 112 valence electrons. The average Bonchev–Trinajstić information content (AvgIpc) is 2.48. The summed E-state index contributed by atoms with van der Waals surface area (Å²) < 4.78 is 6.46. The molecule has 4 N–H and O–H groups in total. The zero-order chi connectivity index (χ0) is 15.2. The van der Waals surface area contributed by atoms with E-state index in [1.807, 2.05) is 32.0 Å². The summed E-state index contributed by atoms with van der Waals surface area (Å²) in [5, 5.41) is 3.10. The molecule has 0 saturated carbocycles. The summed E-state index contributed by atoms with van der Waals surface area (Å²) in [6.45, 7) is 4.54. The number of benzene rings is 1. The first-order chi connectivity index (χ1) is 10.1. The van der Waals surface area contributed by atoms with Crippen molar-refractivity contribution in [2.75, 3.05) is 17.3 Å². The Kier molecular flexibility index (Phi) is 5.29. The molecule has 0 atom stereocenters. The molecule has 1 heterocycles. The van der Waals surface area contributed by atoms with Crippen LogP contribution in [0.5, 0.6) is 6.01 Å². The van der Waals surface area contributed by atoms with Gasteiger partial charge in [0.15, 0.2) is 0 Å². The second kappa shape index (κ2) is 7.19. The van der Waals surface area contributed by atoms with Crippen molar-refractivity contribution in [2.24, 2.45) is 5.84 Å². The number of nitrogens with zero attached hydrogens (tertiary/aromatic N) is 3. The van der Waals surface area contributed by atoms with Crippen LogP contribution in [-0.2, 0) is 0 Å². The molecule has 0 radical (unpaired) electrons. The molecule has 0 aliphatic carbocycles. The van der Waals surface area contributed by atoms with E-state index in [1.165, 1.54) is 0 Å². The van der Waals surface area contributed by atoms with Crippen LogP contribution in [0.15, 0.2) is 22.7 Å². The maximum Gasteiger partial charge on any atom is 0.323 e. The number of nitrogens with one attached hydrogen (secondary N) is 2. The van der Waals surface area contributed by atoms with Gasteiger partial charge in [0, 0.05) is 10.2 Å². The maximum atomic E-state index is 5.41. The maximum absolute atomic E-state index is 5.41. The number of aryl methyl sites for hydroxylation is 1. The number of ether oxygens (including phenoxy) is 1. The van der Waals surface area contributed by atoms with Crippen molar-refractivity contribution in [3.8, 4) is 6.01 Å². The second-order valence-electron chi connectivity index (χ2n) is 4.35. The third-order valence-electron chi connectivity index (χ3n) is 2.59. The summed E-state index contributed by atoms with van der Waals surface area (Å²) in [5.41, 5.74) is 4.37. The quantitative estimate of drug-likeness (QED) is 0.543. The zero-order valence-electron chi connectivity index (χ0n) is 11.9. The van der Waals surface area contributed by atoms with Gasteiger partial charge in [-0.2, -0.15) is 15.0 Å². The van der Waals surface area contributed by atoms with Gasteiger partial charge in [-0.1, -0.05) is 22.9 Å². The normalized spacial score (nSPS) is 10.3. The number of hydrogen-bond donors (Lipinski definition) is 3. The molecule has 0 unspecified atom stereocenters. The highest BCUT2D eigenvalue weighted by atomic mass is 79.9. The van der Waals surface area contributed by atoms with Crippen LogP contribution in [0, 0.1) is 6.92 Å². The summed E-state index contributed by atoms with van der Waals surface area (Å²) in [5.74, 6) is 5.97. The van der Waals surface area contributed by atoms with Crippen LogP contribution in [0.1, 0.15) is 18.9 Å². The van der Waals surface area contributed by atoms with Crippen LogP contribution in [0.25, 0.3) is 0 Å². The van der Waals surface area contributed by atoms with Crippen LogP contribution in [-0.4, -0.2) is 21.6 Å². The number of aromatic nitrogens is 3. The Balaban J connectivity index is 2.23. The van der Waals surface area contributed by atoms with Crippen molar-refractivity contribution in [2.45, 2.75) is 20.3 Å². The van der Waals surface area contributed by atoms with Crippen LogP contribution < -0.4 is 21.3 Å². The molecule has 2 rings (SSSR count). The van der Waals surface area contributed by atoms with Gasteiger partial charge in [0.05, 0.1) is 6.61 Å². The lowest BCUT2D eigenvalue weighted by Gasteiger charge is -2.09. The molecule has 2 aromatic rings. The first-order valence-electron chi connectivity index (χ1n) is 6.51. The fourth-order valence-electron chi connectivity index (χ4n) is 1.59. The first-order valence-corrected chi connectivity index (χ1v) is 7.30. The number of anilines is 3. The van der Waals surface area contributed by atoms with Gasteiger partial charge >= 0.3 is 6.01 Å². The summed E-state index contributed by atoms with van der Waals surface area (Å²) in [6, 6.07) is 6.09. The standard InChI is InChI=1S/C13H17BrN6O/c1-3-6-21-13-18-11(17-12(19-13)20-15)16-9-4-5-10(14)8(2)7-9/h4-5,7H,3,6,15H2,1-2H3,(H2,16,17,18,19,20). The molecular weight excluding hydrogens is 336 g/mol. The van der Waals surface area contributed by atoms with E-state index in [4.69, 9.17) is 10.6 Å². The number of halogens is 1. The molecule has 21 heavy (non-hydrogen) atoms. The lowest BCUT2D eigenvalue weighted by Crippen LogP contribution is -2.13. The number of hydrazine groups is 1. The molecule has 1 aromatic carbocycles. The van der Waals surface area contributed by atoms with Crippen LogP contribution >= 0.6 is 15.9 Å². The topological polar surface area (TPSA) is 98.0 Å². The second-order valence-corrected chi connectivity index (χ2v) is 5.20. The molecule has 0 aliphatic heterocycles. The molecular formula is C13H17BrN6O. The highest BCUT2D eigenvalue weighted by Crippen LogP contribution is 2.22. The van der Waals surface area contributed by atoms with Crippen molar-refractivity contribution in [3.63, 3.8) is 0 Å². The Morgan fingerprint density at radius 1 is 1.24 bits per heavy atom. The van der Waals surface area contributed by atoms with Crippen molar-refractivity contribution in [1.82, 2.24) is 15.0 Å². The summed E-state index contributed by atoms with van der Waals surface area (Å²) in [6.07, 6.45) is 0.867. The van der Waals surface area contributed by atoms with Crippen LogP contribution in [0.2, 0.25) is 0 Å². The minimum Gasteiger partial charge on any atom is -0.463 e. The van der Waals surface area contributed by atoms with E-state index in [1.54, 1.807) is 0 Å². The third kappa shape index (κ3) is 4.27. The van der Waals surface area contributed by atoms with Crippen molar-refractivity contribution < 1.29 is 4.74 Å². The lowest BCUT2D eigenvalue weighted by atomic mass is 10.2. The Hall–Kier alpha value is -1.93. The zero-order valence-corrected chi connectivity index (χ0v) is 13.4. The minimum absolute atomic E-state index is 0.233. The number of hydrogen-bond acceptors (Lipinski definition) is 7. The molecule has 7 nitrogen and oxygen atoms in total. The Bertz CT molecular complexity index is 622. The van der Waals surface area contributed by atoms with Crippen LogP contribution in [0.4, 0.5) is 17.6 Å².